The van der Waals surface area contributed by atoms with Crippen LogP contribution in [0.5, 0.6) is 0 Å². The van der Waals surface area contributed by atoms with Gasteiger partial charge in [-0.2, -0.15) is 0 Å². The van der Waals surface area contributed by atoms with Gasteiger partial charge in [0.15, 0.2) is 0 Å². The number of anilines is 1. The van der Waals surface area contributed by atoms with Crippen LogP contribution in [0.3, 0.4) is 0 Å². The van der Waals surface area contributed by atoms with E-state index in [0.717, 1.165) is 11.6 Å². The van der Waals surface area contributed by atoms with Gasteiger partial charge in [-0.1, -0.05) is 29.8 Å². The minimum atomic E-state index is 0.587. The molecule has 0 saturated heterocycles. The van der Waals surface area contributed by atoms with Crippen molar-refractivity contribution in [1.29, 1.82) is 0 Å². The summed E-state index contributed by atoms with van der Waals surface area (Å²) >= 11 is 6.01. The molecule has 0 atom stereocenters. The van der Waals surface area contributed by atoms with E-state index in [-0.39, 0.29) is 0 Å². The summed E-state index contributed by atoms with van der Waals surface area (Å²) in [4.78, 5) is 2.21. The van der Waals surface area contributed by atoms with E-state index in [9.17, 15) is 0 Å². The second-order valence-corrected chi connectivity index (χ2v) is 5.24. The first kappa shape index (κ1) is 13.9. The molecule has 0 fully saturated rings. The van der Waals surface area contributed by atoms with Crippen LogP contribution in [0.2, 0.25) is 5.02 Å². The number of aryl methyl sites for hydroxylation is 1. The Hall–Kier alpha value is -1.51. The van der Waals surface area contributed by atoms with Gasteiger partial charge in [-0.3, -0.25) is 0 Å². The van der Waals surface area contributed by atoms with Gasteiger partial charge in [-0.15, -0.1) is 0 Å². The second-order valence-electron chi connectivity index (χ2n) is 4.80. The molecule has 0 saturated carbocycles. The third-order valence-corrected chi connectivity index (χ3v) is 3.53. The zero-order valence-electron chi connectivity index (χ0n) is 11.4. The van der Waals surface area contributed by atoms with Gasteiger partial charge in [-0.05, 0) is 47.9 Å². The van der Waals surface area contributed by atoms with Crippen molar-refractivity contribution < 1.29 is 0 Å². The van der Waals surface area contributed by atoms with E-state index < -0.39 is 0 Å². The highest BCUT2D eigenvalue weighted by molar-refractivity contribution is 6.30. The molecule has 0 aromatic heterocycles. The van der Waals surface area contributed by atoms with Crippen LogP contribution in [0.25, 0.3) is 0 Å². The second kappa shape index (κ2) is 6.09. The van der Waals surface area contributed by atoms with Crippen molar-refractivity contribution in [2.24, 2.45) is 5.73 Å². The van der Waals surface area contributed by atoms with E-state index in [4.69, 9.17) is 17.3 Å². The SMILES string of the molecule is Cc1cc(N(C)Cc2cccc(Cl)c2)ccc1CN. The number of hydrogen-bond donors (Lipinski definition) is 1. The predicted octanol–water partition coefficient (Wildman–Crippen LogP) is 3.74. The maximum Gasteiger partial charge on any atom is 0.0426 e. The molecule has 0 unspecified atom stereocenters. The molecule has 100 valence electrons. The fourth-order valence-corrected chi connectivity index (χ4v) is 2.36. The Balaban J connectivity index is 2.15. The van der Waals surface area contributed by atoms with Crippen LogP contribution in [0.1, 0.15) is 16.7 Å². The van der Waals surface area contributed by atoms with Crippen LogP contribution in [0, 0.1) is 6.92 Å². The van der Waals surface area contributed by atoms with Gasteiger partial charge in [0, 0.05) is 30.8 Å². The Morgan fingerprint density at radius 3 is 2.58 bits per heavy atom. The molecule has 2 aromatic carbocycles. The average Bonchev–Trinajstić information content (AvgIpc) is 2.38. The minimum absolute atomic E-state index is 0.587. The normalized spacial score (nSPS) is 10.5. The Morgan fingerprint density at radius 1 is 1.16 bits per heavy atom. The van der Waals surface area contributed by atoms with Crippen LogP contribution in [-0.4, -0.2) is 7.05 Å². The first-order chi connectivity index (χ1) is 9.10. The Kier molecular flexibility index (Phi) is 4.46. The molecule has 0 heterocycles. The fourth-order valence-electron chi connectivity index (χ4n) is 2.15. The van der Waals surface area contributed by atoms with Gasteiger partial charge >= 0.3 is 0 Å². The van der Waals surface area contributed by atoms with E-state index in [2.05, 4.69) is 43.1 Å². The lowest BCUT2D eigenvalue weighted by molar-refractivity contribution is 0.919. The largest absolute Gasteiger partial charge is 0.370 e. The molecule has 0 spiro atoms. The molecule has 19 heavy (non-hydrogen) atoms. The summed E-state index contributed by atoms with van der Waals surface area (Å²) in [5, 5.41) is 0.778. The van der Waals surface area contributed by atoms with Gasteiger partial charge in [0.05, 0.1) is 0 Å². The van der Waals surface area contributed by atoms with Gasteiger partial charge in [-0.25, -0.2) is 0 Å². The van der Waals surface area contributed by atoms with Gasteiger partial charge < -0.3 is 10.6 Å². The number of rotatable bonds is 4. The van der Waals surface area contributed by atoms with Gasteiger partial charge in [0.25, 0.3) is 0 Å². The molecule has 0 aliphatic heterocycles. The molecule has 0 aliphatic carbocycles. The van der Waals surface area contributed by atoms with Crippen molar-refractivity contribution in [1.82, 2.24) is 0 Å². The number of nitrogens with two attached hydrogens (primary N) is 1. The molecule has 2 N–H and O–H groups in total. The van der Waals surface area contributed by atoms with E-state index in [0.29, 0.717) is 6.54 Å². The van der Waals surface area contributed by atoms with Crippen molar-refractivity contribution in [3.8, 4) is 0 Å². The molecule has 2 nitrogen and oxygen atoms in total. The third kappa shape index (κ3) is 3.49. The standard InChI is InChI=1S/C16H19ClN2/c1-12-8-16(7-6-14(12)10-18)19(2)11-13-4-3-5-15(17)9-13/h3-9H,10-11,18H2,1-2H3. The van der Waals surface area contributed by atoms with Crippen molar-refractivity contribution in [2.75, 3.05) is 11.9 Å². The smallest absolute Gasteiger partial charge is 0.0426 e. The molecule has 0 amide bonds. The topological polar surface area (TPSA) is 29.3 Å². The molecule has 0 aliphatic rings. The quantitative estimate of drug-likeness (QED) is 0.920. The van der Waals surface area contributed by atoms with E-state index >= 15 is 0 Å². The molecule has 3 heteroatoms. The fraction of sp³-hybridized carbons (Fsp3) is 0.250. The number of benzene rings is 2. The summed E-state index contributed by atoms with van der Waals surface area (Å²) < 4.78 is 0. The van der Waals surface area contributed by atoms with E-state index in [1.807, 2.05) is 18.2 Å². The van der Waals surface area contributed by atoms with Crippen molar-refractivity contribution >= 4 is 17.3 Å². The van der Waals surface area contributed by atoms with Crippen molar-refractivity contribution in [3.63, 3.8) is 0 Å². The monoisotopic (exact) mass is 274 g/mol. The van der Waals surface area contributed by atoms with E-state index in [1.54, 1.807) is 0 Å². The Labute approximate surface area is 119 Å². The minimum Gasteiger partial charge on any atom is -0.370 e. The van der Waals surface area contributed by atoms with Crippen LogP contribution < -0.4 is 10.6 Å². The van der Waals surface area contributed by atoms with Crippen molar-refractivity contribution in [3.05, 3.63) is 64.2 Å². The Morgan fingerprint density at radius 2 is 1.95 bits per heavy atom. The first-order valence-electron chi connectivity index (χ1n) is 6.35. The summed E-state index contributed by atoms with van der Waals surface area (Å²) in [5.74, 6) is 0. The summed E-state index contributed by atoms with van der Waals surface area (Å²) in [6.45, 7) is 3.52. The van der Waals surface area contributed by atoms with Crippen LogP contribution in [-0.2, 0) is 13.1 Å². The highest BCUT2D eigenvalue weighted by Gasteiger charge is 2.05. The van der Waals surface area contributed by atoms with Crippen LogP contribution in [0.4, 0.5) is 5.69 Å². The summed E-state index contributed by atoms with van der Waals surface area (Å²) in [6.07, 6.45) is 0. The van der Waals surface area contributed by atoms with E-state index in [1.165, 1.54) is 22.4 Å². The molecule has 0 radical (unpaired) electrons. The summed E-state index contributed by atoms with van der Waals surface area (Å²) in [5.41, 5.74) is 10.5. The molecule has 2 aromatic rings. The number of hydrogen-bond acceptors (Lipinski definition) is 2. The lowest BCUT2D eigenvalue weighted by Gasteiger charge is -2.21. The molecule has 0 bridgehead atoms. The highest BCUT2D eigenvalue weighted by atomic mass is 35.5. The lowest BCUT2D eigenvalue weighted by atomic mass is 10.1. The molecular formula is C16H19ClN2. The first-order valence-corrected chi connectivity index (χ1v) is 6.73. The number of nitrogens with zero attached hydrogens (tertiary/aromatic N) is 1. The zero-order valence-corrected chi connectivity index (χ0v) is 12.1. The highest BCUT2D eigenvalue weighted by Crippen LogP contribution is 2.20. The number of halogens is 1. The van der Waals surface area contributed by atoms with Crippen LogP contribution in [0.15, 0.2) is 42.5 Å². The van der Waals surface area contributed by atoms with Crippen molar-refractivity contribution in [2.45, 2.75) is 20.0 Å². The lowest BCUT2D eigenvalue weighted by Crippen LogP contribution is -2.16. The van der Waals surface area contributed by atoms with Gasteiger partial charge in [0.1, 0.15) is 0 Å². The average molecular weight is 275 g/mol. The maximum atomic E-state index is 6.01. The Bertz CT molecular complexity index is 566. The van der Waals surface area contributed by atoms with Gasteiger partial charge in [0.2, 0.25) is 0 Å². The molecule has 2 rings (SSSR count). The summed E-state index contributed by atoms with van der Waals surface area (Å²) in [7, 11) is 2.08. The zero-order chi connectivity index (χ0) is 13.8. The third-order valence-electron chi connectivity index (χ3n) is 3.30. The summed E-state index contributed by atoms with van der Waals surface area (Å²) in [6, 6.07) is 14.3. The molecular weight excluding hydrogens is 256 g/mol. The van der Waals surface area contributed by atoms with Crippen LogP contribution >= 0.6 is 11.6 Å². The maximum absolute atomic E-state index is 6.01. The predicted molar refractivity (Wildman–Crippen MR) is 82.6 cm³/mol.